The molecule has 0 aromatic carbocycles. The van der Waals surface area contributed by atoms with Crippen molar-refractivity contribution in [2.75, 3.05) is 11.9 Å². The Labute approximate surface area is 121 Å². The lowest BCUT2D eigenvalue weighted by molar-refractivity contribution is -0.119. The topological polar surface area (TPSA) is 95.5 Å². The first-order valence-corrected chi connectivity index (χ1v) is 7.23. The summed E-state index contributed by atoms with van der Waals surface area (Å²) in [6.45, 7) is 2.08. The maximum Gasteiger partial charge on any atom is 0.338 e. The number of hydrogen-bond donors (Lipinski definition) is 3. The van der Waals surface area contributed by atoms with Gasteiger partial charge in [-0.25, -0.2) is 4.79 Å². The zero-order chi connectivity index (χ0) is 15.0. The molecule has 0 spiro atoms. The molecule has 0 saturated carbocycles. The molecule has 2 amide bonds. The summed E-state index contributed by atoms with van der Waals surface area (Å²) in [6, 6.07) is 1.47. The Balaban J connectivity index is 2.22. The van der Waals surface area contributed by atoms with Crippen LogP contribution in [0.3, 0.4) is 0 Å². The number of amides is 2. The number of carbonyl (C=O) groups is 3. The highest BCUT2D eigenvalue weighted by Crippen LogP contribution is 2.23. The summed E-state index contributed by atoms with van der Waals surface area (Å²) in [6.07, 6.45) is 2.71. The molecule has 3 N–H and O–H groups in total. The van der Waals surface area contributed by atoms with Crippen LogP contribution in [-0.2, 0) is 9.59 Å². The predicted octanol–water partition coefficient (Wildman–Crippen LogP) is 2.08. The monoisotopic (exact) mass is 298 g/mol. The van der Waals surface area contributed by atoms with Crippen LogP contribution in [0.2, 0.25) is 0 Å². The van der Waals surface area contributed by atoms with Crippen LogP contribution in [-0.4, -0.2) is 29.4 Å². The second-order valence-corrected chi connectivity index (χ2v) is 5.23. The van der Waals surface area contributed by atoms with E-state index < -0.39 is 5.97 Å². The summed E-state index contributed by atoms with van der Waals surface area (Å²) in [7, 11) is 0. The highest BCUT2D eigenvalue weighted by molar-refractivity contribution is 7.14. The van der Waals surface area contributed by atoms with Crippen molar-refractivity contribution in [3.8, 4) is 0 Å². The summed E-state index contributed by atoms with van der Waals surface area (Å²) >= 11 is 1.20. The van der Waals surface area contributed by atoms with E-state index in [1.807, 2.05) is 0 Å². The van der Waals surface area contributed by atoms with Crippen molar-refractivity contribution in [3.05, 3.63) is 17.0 Å². The van der Waals surface area contributed by atoms with Crippen LogP contribution >= 0.6 is 11.3 Å². The number of nitrogens with one attached hydrogen (secondary N) is 2. The van der Waals surface area contributed by atoms with Crippen LogP contribution in [0.5, 0.6) is 0 Å². The largest absolute Gasteiger partial charge is 0.478 e. The van der Waals surface area contributed by atoms with Crippen LogP contribution in [0.1, 0.15) is 43.0 Å². The summed E-state index contributed by atoms with van der Waals surface area (Å²) < 4.78 is 0. The van der Waals surface area contributed by atoms with E-state index in [4.69, 9.17) is 5.11 Å². The molecular formula is C13H18N2O4S. The van der Waals surface area contributed by atoms with Gasteiger partial charge in [0.1, 0.15) is 5.00 Å². The molecule has 0 aliphatic carbocycles. The van der Waals surface area contributed by atoms with E-state index >= 15 is 0 Å². The van der Waals surface area contributed by atoms with Gasteiger partial charge in [0.15, 0.2) is 0 Å². The minimum Gasteiger partial charge on any atom is -0.478 e. The van der Waals surface area contributed by atoms with E-state index in [2.05, 4.69) is 10.6 Å². The lowest BCUT2D eigenvalue weighted by Gasteiger charge is -2.04. The fourth-order valence-corrected chi connectivity index (χ4v) is 2.41. The van der Waals surface area contributed by atoms with E-state index in [1.165, 1.54) is 24.3 Å². The van der Waals surface area contributed by atoms with E-state index in [0.29, 0.717) is 24.4 Å². The van der Waals surface area contributed by atoms with Crippen LogP contribution in [0, 0.1) is 0 Å². The van der Waals surface area contributed by atoms with Crippen molar-refractivity contribution in [3.63, 3.8) is 0 Å². The van der Waals surface area contributed by atoms with E-state index in [-0.39, 0.29) is 17.4 Å². The Bertz CT molecular complexity index is 484. The van der Waals surface area contributed by atoms with Crippen LogP contribution in [0.15, 0.2) is 11.4 Å². The van der Waals surface area contributed by atoms with Gasteiger partial charge in [0.2, 0.25) is 11.8 Å². The maximum absolute atomic E-state index is 11.7. The maximum atomic E-state index is 11.7. The number of aromatic carboxylic acids is 1. The first-order valence-electron chi connectivity index (χ1n) is 6.35. The van der Waals surface area contributed by atoms with Crippen LogP contribution in [0.4, 0.5) is 5.00 Å². The molecule has 7 heteroatoms. The van der Waals surface area contributed by atoms with Crippen molar-refractivity contribution in [1.29, 1.82) is 0 Å². The smallest absolute Gasteiger partial charge is 0.338 e. The minimum absolute atomic E-state index is 0.0540. The number of carbonyl (C=O) groups excluding carboxylic acids is 2. The third kappa shape index (κ3) is 5.83. The average Bonchev–Trinajstić information content (AvgIpc) is 2.81. The van der Waals surface area contributed by atoms with Crippen LogP contribution in [0.25, 0.3) is 0 Å². The van der Waals surface area contributed by atoms with Gasteiger partial charge in [-0.1, -0.05) is 6.42 Å². The minimum atomic E-state index is -1.04. The summed E-state index contributed by atoms with van der Waals surface area (Å²) in [5.74, 6) is -1.28. The van der Waals surface area contributed by atoms with Gasteiger partial charge in [-0.05, 0) is 24.3 Å². The fraction of sp³-hybridized carbons (Fsp3) is 0.462. The van der Waals surface area contributed by atoms with Crippen LogP contribution < -0.4 is 10.6 Å². The second-order valence-electron chi connectivity index (χ2n) is 4.31. The Morgan fingerprint density at radius 1 is 1.25 bits per heavy atom. The van der Waals surface area contributed by atoms with E-state index in [1.54, 1.807) is 5.38 Å². The quantitative estimate of drug-likeness (QED) is 0.640. The highest BCUT2D eigenvalue weighted by Gasteiger charge is 2.13. The molecule has 0 aliphatic rings. The molecule has 20 heavy (non-hydrogen) atoms. The molecule has 0 aliphatic heterocycles. The first-order chi connectivity index (χ1) is 9.50. The lowest BCUT2D eigenvalue weighted by Crippen LogP contribution is -2.20. The molecule has 0 saturated heterocycles. The van der Waals surface area contributed by atoms with Crippen molar-refractivity contribution in [2.24, 2.45) is 0 Å². The fourth-order valence-electron chi connectivity index (χ4n) is 1.62. The number of anilines is 1. The van der Waals surface area contributed by atoms with E-state index in [0.717, 1.165) is 12.8 Å². The summed E-state index contributed by atoms with van der Waals surface area (Å²) in [5.41, 5.74) is 0.119. The Kier molecular flexibility index (Phi) is 6.72. The Hall–Kier alpha value is -1.89. The predicted molar refractivity (Wildman–Crippen MR) is 77.1 cm³/mol. The molecule has 0 atom stereocenters. The molecule has 1 aromatic heterocycles. The molecule has 0 unspecified atom stereocenters. The summed E-state index contributed by atoms with van der Waals surface area (Å²) in [5, 5.41) is 16.2. The molecule has 110 valence electrons. The number of thiophene rings is 1. The van der Waals surface area contributed by atoms with Crippen molar-refractivity contribution in [1.82, 2.24) is 5.32 Å². The number of hydrogen-bond acceptors (Lipinski definition) is 4. The van der Waals surface area contributed by atoms with Gasteiger partial charge in [-0.2, -0.15) is 0 Å². The van der Waals surface area contributed by atoms with Gasteiger partial charge < -0.3 is 15.7 Å². The van der Waals surface area contributed by atoms with E-state index in [9.17, 15) is 14.4 Å². The SMILES string of the molecule is CC(=O)NCCCCCC(=O)Nc1sccc1C(=O)O. The Morgan fingerprint density at radius 3 is 2.65 bits per heavy atom. The zero-order valence-corrected chi connectivity index (χ0v) is 12.1. The third-order valence-corrected chi connectivity index (χ3v) is 3.43. The molecule has 1 aromatic rings. The molecule has 0 bridgehead atoms. The number of carboxylic acids is 1. The molecule has 6 nitrogen and oxygen atoms in total. The van der Waals surface area contributed by atoms with Gasteiger partial charge in [0.05, 0.1) is 5.56 Å². The van der Waals surface area contributed by atoms with Crippen molar-refractivity contribution in [2.45, 2.75) is 32.6 Å². The number of unbranched alkanes of at least 4 members (excludes halogenated alkanes) is 2. The summed E-state index contributed by atoms with van der Waals surface area (Å²) in [4.78, 5) is 33.2. The zero-order valence-electron chi connectivity index (χ0n) is 11.3. The van der Waals surface area contributed by atoms with Gasteiger partial charge in [0.25, 0.3) is 0 Å². The average molecular weight is 298 g/mol. The van der Waals surface area contributed by atoms with Crippen molar-refractivity contribution < 1.29 is 19.5 Å². The Morgan fingerprint density at radius 2 is 2.00 bits per heavy atom. The normalized spacial score (nSPS) is 10.1. The number of rotatable bonds is 8. The third-order valence-electron chi connectivity index (χ3n) is 2.60. The standard InChI is InChI=1S/C13H18N2O4S/c1-9(16)14-7-4-2-3-5-11(17)15-12-10(13(18)19)6-8-20-12/h6,8H,2-5,7H2,1H3,(H,14,16)(H,15,17)(H,18,19). The molecule has 1 heterocycles. The van der Waals surface area contributed by atoms with Gasteiger partial charge in [-0.15, -0.1) is 11.3 Å². The molecule has 0 radical (unpaired) electrons. The molecule has 1 rings (SSSR count). The van der Waals surface area contributed by atoms with Gasteiger partial charge >= 0.3 is 5.97 Å². The lowest BCUT2D eigenvalue weighted by atomic mass is 10.2. The molecule has 0 fully saturated rings. The van der Waals surface area contributed by atoms with Gasteiger partial charge in [-0.3, -0.25) is 9.59 Å². The van der Waals surface area contributed by atoms with Gasteiger partial charge in [0, 0.05) is 19.9 Å². The second kappa shape index (κ2) is 8.31. The molecular weight excluding hydrogens is 280 g/mol. The number of carboxylic acid groups (broad SMARTS) is 1. The first kappa shape index (κ1) is 16.2. The van der Waals surface area contributed by atoms with Crippen molar-refractivity contribution >= 4 is 34.1 Å². The highest BCUT2D eigenvalue weighted by atomic mass is 32.1.